The monoisotopic (exact) mass is 221 g/mol. The van der Waals surface area contributed by atoms with E-state index < -0.39 is 0 Å². The van der Waals surface area contributed by atoms with Crippen LogP contribution in [-0.4, -0.2) is 33.6 Å². The molecule has 1 aromatic carbocycles. The van der Waals surface area contributed by atoms with Crippen molar-refractivity contribution in [3.8, 4) is 0 Å². The number of nitrogens with zero attached hydrogens (tertiary/aromatic N) is 1. The van der Waals surface area contributed by atoms with Crippen LogP contribution in [0.5, 0.6) is 0 Å². The van der Waals surface area contributed by atoms with E-state index in [9.17, 15) is 4.79 Å². The van der Waals surface area contributed by atoms with E-state index in [-0.39, 0.29) is 5.91 Å². The van der Waals surface area contributed by atoms with E-state index in [1.807, 2.05) is 44.1 Å². The number of hydrogen-bond donors (Lipinski definition) is 2. The quantitative estimate of drug-likeness (QED) is 0.803. The maximum atomic E-state index is 11.5. The minimum atomic E-state index is -0.0264. The molecular formula is C12H19N3O. The van der Waals surface area contributed by atoms with Gasteiger partial charge in [0.2, 0.25) is 5.91 Å². The van der Waals surface area contributed by atoms with Gasteiger partial charge in [0.15, 0.2) is 0 Å². The summed E-state index contributed by atoms with van der Waals surface area (Å²) < 4.78 is 0. The average Bonchev–Trinajstić information content (AvgIpc) is 2.21. The molecule has 1 rings (SSSR count). The molecular weight excluding hydrogens is 202 g/mol. The van der Waals surface area contributed by atoms with Gasteiger partial charge in [0.1, 0.15) is 0 Å². The van der Waals surface area contributed by atoms with Crippen molar-refractivity contribution in [2.45, 2.75) is 6.92 Å². The molecule has 0 spiro atoms. The normalized spacial score (nSPS) is 10.0. The smallest absolute Gasteiger partial charge is 0.238 e. The zero-order chi connectivity index (χ0) is 12.1. The zero-order valence-electron chi connectivity index (χ0n) is 10.3. The first-order chi connectivity index (χ1) is 7.56. The molecule has 1 amide bonds. The number of hydrogen-bond acceptors (Lipinski definition) is 3. The Kier molecular flexibility index (Phi) is 4.31. The Hall–Kier alpha value is -1.55. The van der Waals surface area contributed by atoms with Gasteiger partial charge in [-0.25, -0.2) is 0 Å². The van der Waals surface area contributed by atoms with Crippen molar-refractivity contribution in [1.82, 2.24) is 5.32 Å². The zero-order valence-corrected chi connectivity index (χ0v) is 10.3. The summed E-state index contributed by atoms with van der Waals surface area (Å²) in [5.74, 6) is -0.0264. The van der Waals surface area contributed by atoms with E-state index in [1.165, 1.54) is 0 Å². The standard InChI is InChI=1S/C12H19N3O/c1-9-10(14-12(16)8-13-2)6-5-7-11(9)15(3)4/h5-7,13H,8H2,1-4H3,(H,14,16). The van der Waals surface area contributed by atoms with Crippen LogP contribution >= 0.6 is 0 Å². The first kappa shape index (κ1) is 12.5. The van der Waals surface area contributed by atoms with E-state index in [0.29, 0.717) is 6.54 Å². The summed E-state index contributed by atoms with van der Waals surface area (Å²) in [7, 11) is 5.73. The highest BCUT2D eigenvalue weighted by Crippen LogP contribution is 2.24. The SMILES string of the molecule is CNCC(=O)Nc1cccc(N(C)C)c1C. The second-order valence-corrected chi connectivity index (χ2v) is 3.92. The molecule has 2 N–H and O–H groups in total. The molecule has 0 heterocycles. The van der Waals surface area contributed by atoms with Crippen molar-refractivity contribution >= 4 is 17.3 Å². The average molecular weight is 221 g/mol. The second-order valence-electron chi connectivity index (χ2n) is 3.92. The summed E-state index contributed by atoms with van der Waals surface area (Å²) >= 11 is 0. The fourth-order valence-electron chi connectivity index (χ4n) is 1.60. The summed E-state index contributed by atoms with van der Waals surface area (Å²) in [5, 5.41) is 5.70. The van der Waals surface area contributed by atoms with Gasteiger partial charge in [0.25, 0.3) is 0 Å². The molecule has 4 nitrogen and oxygen atoms in total. The number of carbonyl (C=O) groups is 1. The molecule has 0 aliphatic heterocycles. The van der Waals surface area contributed by atoms with Gasteiger partial charge in [-0.2, -0.15) is 0 Å². The molecule has 0 fully saturated rings. The Bertz CT molecular complexity index is 375. The first-order valence-corrected chi connectivity index (χ1v) is 5.27. The van der Waals surface area contributed by atoms with Crippen LogP contribution in [-0.2, 0) is 4.79 Å². The Morgan fingerprint density at radius 1 is 1.38 bits per heavy atom. The lowest BCUT2D eigenvalue weighted by Gasteiger charge is -2.18. The van der Waals surface area contributed by atoms with Gasteiger partial charge in [0, 0.05) is 25.5 Å². The Morgan fingerprint density at radius 2 is 2.06 bits per heavy atom. The van der Waals surface area contributed by atoms with Gasteiger partial charge < -0.3 is 15.5 Å². The Labute approximate surface area is 96.6 Å². The van der Waals surface area contributed by atoms with Gasteiger partial charge in [0.05, 0.1) is 6.54 Å². The third-order valence-electron chi connectivity index (χ3n) is 2.40. The molecule has 0 saturated carbocycles. The molecule has 0 aliphatic carbocycles. The molecule has 0 aliphatic rings. The number of rotatable bonds is 4. The molecule has 0 unspecified atom stereocenters. The third kappa shape index (κ3) is 2.97. The molecule has 0 radical (unpaired) electrons. The van der Waals surface area contributed by atoms with Gasteiger partial charge in [-0.1, -0.05) is 6.07 Å². The van der Waals surface area contributed by atoms with Crippen molar-refractivity contribution in [3.63, 3.8) is 0 Å². The predicted molar refractivity (Wildman–Crippen MR) is 68.1 cm³/mol. The summed E-state index contributed by atoms with van der Waals surface area (Å²) in [6.07, 6.45) is 0. The number of carbonyl (C=O) groups excluding carboxylic acids is 1. The summed E-state index contributed by atoms with van der Waals surface area (Å²) in [6.45, 7) is 2.33. The van der Waals surface area contributed by atoms with Crippen LogP contribution in [0.2, 0.25) is 0 Å². The summed E-state index contributed by atoms with van der Waals surface area (Å²) in [4.78, 5) is 13.5. The fraction of sp³-hybridized carbons (Fsp3) is 0.417. The van der Waals surface area contributed by atoms with Crippen LogP contribution in [0.1, 0.15) is 5.56 Å². The Balaban J connectivity index is 2.89. The van der Waals surface area contributed by atoms with E-state index in [1.54, 1.807) is 7.05 Å². The number of benzene rings is 1. The van der Waals surface area contributed by atoms with Crippen LogP contribution in [0, 0.1) is 6.92 Å². The van der Waals surface area contributed by atoms with Crippen molar-refractivity contribution in [2.24, 2.45) is 0 Å². The van der Waals surface area contributed by atoms with E-state index >= 15 is 0 Å². The van der Waals surface area contributed by atoms with Crippen molar-refractivity contribution in [3.05, 3.63) is 23.8 Å². The lowest BCUT2D eigenvalue weighted by Crippen LogP contribution is -2.25. The highest BCUT2D eigenvalue weighted by molar-refractivity contribution is 5.93. The number of anilines is 2. The van der Waals surface area contributed by atoms with Crippen LogP contribution in [0.3, 0.4) is 0 Å². The first-order valence-electron chi connectivity index (χ1n) is 5.27. The third-order valence-corrected chi connectivity index (χ3v) is 2.40. The summed E-state index contributed by atoms with van der Waals surface area (Å²) in [5.41, 5.74) is 3.06. The lowest BCUT2D eigenvalue weighted by atomic mass is 10.1. The maximum absolute atomic E-state index is 11.5. The highest BCUT2D eigenvalue weighted by Gasteiger charge is 2.07. The van der Waals surface area contributed by atoms with E-state index in [2.05, 4.69) is 10.6 Å². The molecule has 0 saturated heterocycles. The molecule has 16 heavy (non-hydrogen) atoms. The minimum Gasteiger partial charge on any atom is -0.377 e. The van der Waals surface area contributed by atoms with Gasteiger partial charge >= 0.3 is 0 Å². The molecule has 1 aromatic rings. The number of amides is 1. The second kappa shape index (κ2) is 5.51. The topological polar surface area (TPSA) is 44.4 Å². The van der Waals surface area contributed by atoms with Crippen LogP contribution in [0.15, 0.2) is 18.2 Å². The molecule has 88 valence electrons. The van der Waals surface area contributed by atoms with E-state index in [0.717, 1.165) is 16.9 Å². The number of likely N-dealkylation sites (N-methyl/N-ethyl adjacent to an activating group) is 1. The molecule has 0 bridgehead atoms. The number of nitrogens with one attached hydrogen (secondary N) is 2. The maximum Gasteiger partial charge on any atom is 0.238 e. The fourth-order valence-corrected chi connectivity index (χ4v) is 1.60. The van der Waals surface area contributed by atoms with E-state index in [4.69, 9.17) is 0 Å². The minimum absolute atomic E-state index is 0.0264. The van der Waals surface area contributed by atoms with Crippen molar-refractivity contribution in [1.29, 1.82) is 0 Å². The predicted octanol–water partition coefficient (Wildman–Crippen LogP) is 1.22. The van der Waals surface area contributed by atoms with Crippen LogP contribution in [0.4, 0.5) is 11.4 Å². The van der Waals surface area contributed by atoms with Gasteiger partial charge in [-0.05, 0) is 31.7 Å². The lowest BCUT2D eigenvalue weighted by molar-refractivity contribution is -0.115. The largest absolute Gasteiger partial charge is 0.377 e. The van der Waals surface area contributed by atoms with Gasteiger partial charge in [-0.3, -0.25) is 4.79 Å². The molecule has 0 atom stereocenters. The van der Waals surface area contributed by atoms with Crippen molar-refractivity contribution < 1.29 is 4.79 Å². The van der Waals surface area contributed by atoms with Gasteiger partial charge in [-0.15, -0.1) is 0 Å². The van der Waals surface area contributed by atoms with Crippen molar-refractivity contribution in [2.75, 3.05) is 37.9 Å². The highest BCUT2D eigenvalue weighted by atomic mass is 16.1. The van der Waals surface area contributed by atoms with Crippen LogP contribution in [0.25, 0.3) is 0 Å². The molecule has 0 aromatic heterocycles. The Morgan fingerprint density at radius 3 is 2.62 bits per heavy atom. The molecule has 4 heteroatoms. The van der Waals surface area contributed by atoms with Crippen LogP contribution < -0.4 is 15.5 Å². The summed E-state index contributed by atoms with van der Waals surface area (Å²) in [6, 6.07) is 5.89.